The second-order valence-electron chi connectivity index (χ2n) is 4.03. The van der Waals surface area contributed by atoms with E-state index in [9.17, 15) is 9.59 Å². The minimum atomic E-state index is -0.203. The van der Waals surface area contributed by atoms with Crippen molar-refractivity contribution in [3.63, 3.8) is 0 Å². The van der Waals surface area contributed by atoms with E-state index in [0.717, 1.165) is 25.9 Å². The first-order chi connectivity index (χ1) is 8.24. The quantitative estimate of drug-likeness (QED) is 0.493. The number of nitrogens with zero attached hydrogens (tertiary/aromatic N) is 1. The standard InChI is InChI=1S/C12H19N3O2/c1-2-6-13-9-11(16)14-10-12(17)15-7-4-3-5-8-15/h1,13H,3-10H2,(H,14,16). The van der Waals surface area contributed by atoms with Gasteiger partial charge in [0.15, 0.2) is 0 Å². The van der Waals surface area contributed by atoms with Crippen LogP contribution in [-0.4, -0.2) is 49.4 Å². The smallest absolute Gasteiger partial charge is 0.241 e. The molecule has 2 amide bonds. The molecule has 0 bridgehead atoms. The van der Waals surface area contributed by atoms with Crippen LogP contribution in [0.5, 0.6) is 0 Å². The molecule has 94 valence electrons. The number of rotatable bonds is 5. The van der Waals surface area contributed by atoms with Gasteiger partial charge in [0.05, 0.1) is 19.6 Å². The molecule has 0 aromatic rings. The molecular weight excluding hydrogens is 218 g/mol. The lowest BCUT2D eigenvalue weighted by Crippen LogP contribution is -2.44. The van der Waals surface area contributed by atoms with Crippen LogP contribution < -0.4 is 10.6 Å². The molecule has 1 rings (SSSR count). The van der Waals surface area contributed by atoms with E-state index >= 15 is 0 Å². The lowest BCUT2D eigenvalue weighted by Gasteiger charge is -2.26. The maximum Gasteiger partial charge on any atom is 0.241 e. The molecule has 5 nitrogen and oxygen atoms in total. The van der Waals surface area contributed by atoms with Crippen molar-refractivity contribution in [2.24, 2.45) is 0 Å². The van der Waals surface area contributed by atoms with E-state index in [1.54, 1.807) is 4.90 Å². The largest absolute Gasteiger partial charge is 0.346 e. The molecule has 1 fully saturated rings. The van der Waals surface area contributed by atoms with Crippen molar-refractivity contribution in [3.05, 3.63) is 0 Å². The molecule has 1 aliphatic heterocycles. The van der Waals surface area contributed by atoms with Gasteiger partial charge in [-0.05, 0) is 19.3 Å². The highest BCUT2D eigenvalue weighted by Gasteiger charge is 2.16. The van der Waals surface area contributed by atoms with Gasteiger partial charge in [-0.25, -0.2) is 0 Å². The second kappa shape index (κ2) is 7.69. The van der Waals surface area contributed by atoms with Gasteiger partial charge in [0.25, 0.3) is 0 Å². The number of carbonyl (C=O) groups is 2. The highest BCUT2D eigenvalue weighted by molar-refractivity contribution is 5.85. The number of nitrogens with one attached hydrogen (secondary N) is 2. The Bertz CT molecular complexity index is 303. The molecule has 0 saturated carbocycles. The number of hydrogen-bond donors (Lipinski definition) is 2. The van der Waals surface area contributed by atoms with Gasteiger partial charge in [0.1, 0.15) is 0 Å². The van der Waals surface area contributed by atoms with Gasteiger partial charge in [-0.1, -0.05) is 5.92 Å². The van der Waals surface area contributed by atoms with Crippen molar-refractivity contribution in [2.45, 2.75) is 19.3 Å². The summed E-state index contributed by atoms with van der Waals surface area (Å²) in [6, 6.07) is 0. The first kappa shape index (κ1) is 13.5. The van der Waals surface area contributed by atoms with Crippen LogP contribution in [0.3, 0.4) is 0 Å². The van der Waals surface area contributed by atoms with Crippen LogP contribution in [0.15, 0.2) is 0 Å². The maximum atomic E-state index is 11.7. The molecule has 1 saturated heterocycles. The van der Waals surface area contributed by atoms with Crippen LogP contribution in [0.1, 0.15) is 19.3 Å². The van der Waals surface area contributed by atoms with Crippen LogP contribution in [0.4, 0.5) is 0 Å². The van der Waals surface area contributed by atoms with Gasteiger partial charge in [0.2, 0.25) is 11.8 Å². The Kier molecular flexibility index (Phi) is 6.12. The summed E-state index contributed by atoms with van der Waals surface area (Å²) in [4.78, 5) is 24.8. The Morgan fingerprint density at radius 1 is 1.18 bits per heavy atom. The third-order valence-corrected chi connectivity index (χ3v) is 2.66. The van der Waals surface area contributed by atoms with E-state index in [4.69, 9.17) is 6.42 Å². The van der Waals surface area contributed by atoms with Crippen molar-refractivity contribution in [3.8, 4) is 12.3 Å². The maximum absolute atomic E-state index is 11.7. The van der Waals surface area contributed by atoms with Crippen molar-refractivity contribution in [1.29, 1.82) is 0 Å². The van der Waals surface area contributed by atoms with Crippen molar-refractivity contribution < 1.29 is 9.59 Å². The third kappa shape index (κ3) is 5.36. The van der Waals surface area contributed by atoms with E-state index in [1.165, 1.54) is 6.42 Å². The molecule has 0 aromatic heterocycles. The number of terminal acetylenes is 1. The molecule has 0 unspecified atom stereocenters. The summed E-state index contributed by atoms with van der Waals surface area (Å²) in [6.07, 6.45) is 8.33. The normalized spacial score (nSPS) is 15.1. The number of hydrogen-bond acceptors (Lipinski definition) is 3. The van der Waals surface area contributed by atoms with Gasteiger partial charge in [-0.15, -0.1) is 6.42 Å². The Morgan fingerprint density at radius 3 is 2.53 bits per heavy atom. The number of likely N-dealkylation sites (tertiary alicyclic amines) is 1. The first-order valence-corrected chi connectivity index (χ1v) is 5.92. The van der Waals surface area contributed by atoms with Crippen LogP contribution in [0, 0.1) is 12.3 Å². The van der Waals surface area contributed by atoms with E-state index in [2.05, 4.69) is 16.6 Å². The first-order valence-electron chi connectivity index (χ1n) is 5.92. The van der Waals surface area contributed by atoms with Crippen molar-refractivity contribution >= 4 is 11.8 Å². The Hall–Kier alpha value is -1.54. The van der Waals surface area contributed by atoms with E-state index in [-0.39, 0.29) is 24.9 Å². The van der Waals surface area contributed by atoms with Gasteiger partial charge in [-0.3, -0.25) is 14.9 Å². The molecule has 0 spiro atoms. The molecule has 0 radical (unpaired) electrons. The summed E-state index contributed by atoms with van der Waals surface area (Å²) in [5, 5.41) is 5.34. The van der Waals surface area contributed by atoms with E-state index in [0.29, 0.717) is 6.54 Å². The summed E-state index contributed by atoms with van der Waals surface area (Å²) in [6.45, 7) is 2.20. The van der Waals surface area contributed by atoms with E-state index in [1.807, 2.05) is 0 Å². The van der Waals surface area contributed by atoms with E-state index < -0.39 is 0 Å². The molecule has 2 N–H and O–H groups in total. The van der Waals surface area contributed by atoms with Crippen LogP contribution in [-0.2, 0) is 9.59 Å². The number of amides is 2. The highest BCUT2D eigenvalue weighted by Crippen LogP contribution is 2.07. The van der Waals surface area contributed by atoms with Crippen LogP contribution in [0.2, 0.25) is 0 Å². The summed E-state index contributed by atoms with van der Waals surface area (Å²) in [7, 11) is 0. The molecule has 1 heterocycles. The average Bonchev–Trinajstić information content (AvgIpc) is 2.37. The van der Waals surface area contributed by atoms with Crippen LogP contribution in [0.25, 0.3) is 0 Å². The molecule has 1 aliphatic rings. The second-order valence-corrected chi connectivity index (χ2v) is 4.03. The predicted octanol–water partition coefficient (Wildman–Crippen LogP) is -0.662. The lowest BCUT2D eigenvalue weighted by molar-refractivity contribution is -0.133. The molecule has 0 aliphatic carbocycles. The fraction of sp³-hybridized carbons (Fsp3) is 0.667. The number of piperidine rings is 1. The zero-order chi connectivity index (χ0) is 12.5. The zero-order valence-electron chi connectivity index (χ0n) is 10.00. The molecule has 0 atom stereocenters. The summed E-state index contributed by atoms with van der Waals surface area (Å²) in [5.41, 5.74) is 0. The summed E-state index contributed by atoms with van der Waals surface area (Å²) < 4.78 is 0. The predicted molar refractivity (Wildman–Crippen MR) is 65.1 cm³/mol. The summed E-state index contributed by atoms with van der Waals surface area (Å²) >= 11 is 0. The van der Waals surface area contributed by atoms with Gasteiger partial charge >= 0.3 is 0 Å². The summed E-state index contributed by atoms with van der Waals surface area (Å²) in [5.74, 6) is 2.17. The minimum Gasteiger partial charge on any atom is -0.346 e. The van der Waals surface area contributed by atoms with Gasteiger partial charge in [-0.2, -0.15) is 0 Å². The number of carbonyl (C=O) groups excluding carboxylic acids is 2. The highest BCUT2D eigenvalue weighted by atomic mass is 16.2. The minimum absolute atomic E-state index is 0.00463. The van der Waals surface area contributed by atoms with Crippen LogP contribution >= 0.6 is 0 Å². The fourth-order valence-electron chi connectivity index (χ4n) is 1.74. The average molecular weight is 237 g/mol. The Morgan fingerprint density at radius 2 is 1.88 bits per heavy atom. The fourth-order valence-corrected chi connectivity index (χ4v) is 1.74. The molecule has 17 heavy (non-hydrogen) atoms. The Balaban J connectivity index is 2.14. The molecule has 0 aromatic carbocycles. The van der Waals surface area contributed by atoms with Gasteiger partial charge in [0, 0.05) is 13.1 Å². The van der Waals surface area contributed by atoms with Crippen molar-refractivity contribution in [1.82, 2.24) is 15.5 Å². The third-order valence-electron chi connectivity index (χ3n) is 2.66. The SMILES string of the molecule is C#CCNCC(=O)NCC(=O)N1CCCCC1. The zero-order valence-corrected chi connectivity index (χ0v) is 10.00. The lowest BCUT2D eigenvalue weighted by atomic mass is 10.1. The molecular formula is C12H19N3O2. The van der Waals surface area contributed by atoms with Crippen molar-refractivity contribution in [2.75, 3.05) is 32.7 Å². The van der Waals surface area contributed by atoms with Gasteiger partial charge < -0.3 is 10.2 Å². The monoisotopic (exact) mass is 237 g/mol. The Labute approximate surface area is 102 Å². The topological polar surface area (TPSA) is 61.4 Å². The molecule has 5 heteroatoms.